The van der Waals surface area contributed by atoms with E-state index in [0.29, 0.717) is 13.0 Å². The summed E-state index contributed by atoms with van der Waals surface area (Å²) < 4.78 is 19.4. The molecule has 0 aromatic carbocycles. The molecule has 1 aliphatic heterocycles. The van der Waals surface area contributed by atoms with Gasteiger partial charge in [0.1, 0.15) is 6.17 Å². The zero-order valence-corrected chi connectivity index (χ0v) is 8.68. The van der Waals surface area contributed by atoms with Crippen molar-refractivity contribution in [3.8, 4) is 0 Å². The highest BCUT2D eigenvalue weighted by Crippen LogP contribution is 2.45. The molecule has 1 saturated carbocycles. The van der Waals surface area contributed by atoms with E-state index in [4.69, 9.17) is 10.5 Å². The van der Waals surface area contributed by atoms with Crippen molar-refractivity contribution < 1.29 is 9.13 Å². The largest absolute Gasteiger partial charge is 0.375 e. The molecule has 0 radical (unpaired) electrons. The Morgan fingerprint density at radius 1 is 1.50 bits per heavy atom. The molecule has 2 fully saturated rings. The van der Waals surface area contributed by atoms with Gasteiger partial charge < -0.3 is 10.5 Å². The molecule has 2 aliphatic rings. The van der Waals surface area contributed by atoms with Crippen molar-refractivity contribution in [2.24, 2.45) is 11.7 Å². The summed E-state index contributed by atoms with van der Waals surface area (Å²) in [6, 6.07) is 0. The molecule has 82 valence electrons. The highest BCUT2D eigenvalue weighted by molar-refractivity contribution is 4.95. The van der Waals surface area contributed by atoms with Crippen LogP contribution >= 0.6 is 0 Å². The fourth-order valence-electron chi connectivity index (χ4n) is 2.69. The van der Waals surface area contributed by atoms with E-state index in [1.165, 1.54) is 6.42 Å². The first-order chi connectivity index (χ1) is 6.76. The van der Waals surface area contributed by atoms with Crippen molar-refractivity contribution in [2.75, 3.05) is 13.2 Å². The molecule has 3 heteroatoms. The van der Waals surface area contributed by atoms with Crippen LogP contribution in [0.15, 0.2) is 0 Å². The van der Waals surface area contributed by atoms with E-state index in [2.05, 4.69) is 0 Å². The molecule has 0 aromatic heterocycles. The van der Waals surface area contributed by atoms with E-state index >= 15 is 0 Å². The Labute approximate surface area is 85.0 Å². The summed E-state index contributed by atoms with van der Waals surface area (Å²) in [6.45, 7) is 1.21. The first kappa shape index (κ1) is 10.4. The van der Waals surface area contributed by atoms with Crippen molar-refractivity contribution in [3.05, 3.63) is 0 Å². The molecule has 1 heterocycles. The second-order valence-corrected chi connectivity index (χ2v) is 4.73. The van der Waals surface area contributed by atoms with Crippen molar-refractivity contribution in [2.45, 2.75) is 50.3 Å². The molecule has 2 N–H and O–H groups in total. The van der Waals surface area contributed by atoms with Crippen molar-refractivity contribution in [1.29, 1.82) is 0 Å². The number of nitrogens with two attached hydrogens (primary N) is 1. The van der Waals surface area contributed by atoms with E-state index in [0.717, 1.165) is 32.3 Å². The van der Waals surface area contributed by atoms with Crippen molar-refractivity contribution in [1.82, 2.24) is 0 Å². The third-order valence-corrected chi connectivity index (χ3v) is 3.75. The molecule has 14 heavy (non-hydrogen) atoms. The van der Waals surface area contributed by atoms with Crippen LogP contribution in [0.3, 0.4) is 0 Å². The summed E-state index contributed by atoms with van der Waals surface area (Å²) in [7, 11) is 0. The van der Waals surface area contributed by atoms with Gasteiger partial charge in [-0.1, -0.05) is 0 Å². The number of hydrogen-bond acceptors (Lipinski definition) is 2. The lowest BCUT2D eigenvalue weighted by Crippen LogP contribution is -2.47. The lowest BCUT2D eigenvalue weighted by Gasteiger charge is -2.47. The molecule has 0 amide bonds. The summed E-state index contributed by atoms with van der Waals surface area (Å²) in [4.78, 5) is 0. The minimum Gasteiger partial charge on any atom is -0.375 e. The molecule has 1 aliphatic carbocycles. The van der Waals surface area contributed by atoms with Gasteiger partial charge in [-0.25, -0.2) is 4.39 Å². The summed E-state index contributed by atoms with van der Waals surface area (Å²) in [5, 5.41) is 0. The number of hydrogen-bond donors (Lipinski definition) is 1. The Morgan fingerprint density at radius 2 is 2.29 bits per heavy atom. The van der Waals surface area contributed by atoms with E-state index in [1.807, 2.05) is 0 Å². The first-order valence-corrected chi connectivity index (χ1v) is 5.74. The van der Waals surface area contributed by atoms with Crippen LogP contribution in [0.25, 0.3) is 0 Å². The second-order valence-electron chi connectivity index (χ2n) is 4.73. The zero-order chi connectivity index (χ0) is 10.0. The Hall–Kier alpha value is -0.150. The van der Waals surface area contributed by atoms with E-state index < -0.39 is 6.17 Å². The number of rotatable bonds is 3. The lowest BCUT2D eigenvalue weighted by molar-refractivity contribution is -0.151. The van der Waals surface area contributed by atoms with Crippen LogP contribution in [0.2, 0.25) is 0 Å². The SMILES string of the molecule is NCCC(F)C1CCOC2(CCC2)C1. The van der Waals surface area contributed by atoms with Crippen LogP contribution in [0.5, 0.6) is 0 Å². The molecule has 2 atom stereocenters. The fraction of sp³-hybridized carbons (Fsp3) is 1.00. The topological polar surface area (TPSA) is 35.2 Å². The van der Waals surface area contributed by atoms with Gasteiger partial charge in [-0.3, -0.25) is 0 Å². The number of ether oxygens (including phenoxy) is 1. The predicted octanol–water partition coefficient (Wildman–Crippen LogP) is 2.02. The van der Waals surface area contributed by atoms with Gasteiger partial charge in [0.2, 0.25) is 0 Å². The van der Waals surface area contributed by atoms with Gasteiger partial charge in [0.25, 0.3) is 0 Å². The highest BCUT2D eigenvalue weighted by atomic mass is 19.1. The van der Waals surface area contributed by atoms with Gasteiger partial charge in [0.05, 0.1) is 5.60 Å². The van der Waals surface area contributed by atoms with Gasteiger partial charge in [0.15, 0.2) is 0 Å². The molecule has 2 rings (SSSR count). The first-order valence-electron chi connectivity index (χ1n) is 5.74. The van der Waals surface area contributed by atoms with Crippen LogP contribution in [0.1, 0.15) is 38.5 Å². The maximum atomic E-state index is 13.7. The van der Waals surface area contributed by atoms with E-state index in [9.17, 15) is 4.39 Å². The van der Waals surface area contributed by atoms with Gasteiger partial charge in [-0.2, -0.15) is 0 Å². The molecule has 0 aromatic rings. The minimum absolute atomic E-state index is 0.0713. The van der Waals surface area contributed by atoms with Gasteiger partial charge in [-0.05, 0) is 51.0 Å². The number of halogens is 1. The molecular formula is C11H20FNO. The highest BCUT2D eigenvalue weighted by Gasteiger charge is 2.44. The summed E-state index contributed by atoms with van der Waals surface area (Å²) in [6.07, 6.45) is 5.14. The Kier molecular flexibility index (Phi) is 3.07. The molecule has 2 nitrogen and oxygen atoms in total. The van der Waals surface area contributed by atoms with Crippen molar-refractivity contribution >= 4 is 0 Å². The maximum absolute atomic E-state index is 13.7. The quantitative estimate of drug-likeness (QED) is 0.758. The smallest absolute Gasteiger partial charge is 0.104 e. The van der Waals surface area contributed by atoms with Crippen LogP contribution < -0.4 is 5.73 Å². The van der Waals surface area contributed by atoms with Gasteiger partial charge in [0, 0.05) is 6.61 Å². The Bertz CT molecular complexity index is 194. The van der Waals surface area contributed by atoms with Gasteiger partial charge in [-0.15, -0.1) is 0 Å². The minimum atomic E-state index is -0.707. The standard InChI is InChI=1S/C11H20FNO/c12-10(2-6-13)9-3-7-14-11(8-9)4-1-5-11/h9-10H,1-8,13H2. The average molecular weight is 201 g/mol. The monoisotopic (exact) mass is 201 g/mol. The lowest BCUT2D eigenvalue weighted by atomic mass is 9.71. The summed E-state index contributed by atoms with van der Waals surface area (Å²) >= 11 is 0. The van der Waals surface area contributed by atoms with Crippen LogP contribution in [-0.2, 0) is 4.74 Å². The van der Waals surface area contributed by atoms with Crippen LogP contribution in [-0.4, -0.2) is 24.9 Å². The van der Waals surface area contributed by atoms with Crippen LogP contribution in [0, 0.1) is 5.92 Å². The van der Waals surface area contributed by atoms with E-state index in [1.54, 1.807) is 0 Å². The fourth-order valence-corrected chi connectivity index (χ4v) is 2.69. The summed E-state index contributed by atoms with van der Waals surface area (Å²) in [5.41, 5.74) is 5.45. The Balaban J connectivity index is 1.87. The van der Waals surface area contributed by atoms with Gasteiger partial charge >= 0.3 is 0 Å². The zero-order valence-electron chi connectivity index (χ0n) is 8.68. The van der Waals surface area contributed by atoms with Crippen molar-refractivity contribution in [3.63, 3.8) is 0 Å². The third kappa shape index (κ3) is 1.94. The molecule has 2 unspecified atom stereocenters. The molecular weight excluding hydrogens is 181 g/mol. The van der Waals surface area contributed by atoms with Crippen LogP contribution in [0.4, 0.5) is 4.39 Å². The average Bonchev–Trinajstić information content (AvgIpc) is 2.16. The summed E-state index contributed by atoms with van der Waals surface area (Å²) in [5.74, 6) is 0.201. The Morgan fingerprint density at radius 3 is 2.86 bits per heavy atom. The number of alkyl halides is 1. The normalized spacial score (nSPS) is 32.6. The molecule has 1 saturated heterocycles. The second kappa shape index (κ2) is 4.15. The maximum Gasteiger partial charge on any atom is 0.104 e. The third-order valence-electron chi connectivity index (χ3n) is 3.75. The molecule has 1 spiro atoms. The predicted molar refractivity (Wildman–Crippen MR) is 53.8 cm³/mol. The van der Waals surface area contributed by atoms with E-state index in [-0.39, 0.29) is 11.5 Å². The molecule has 0 bridgehead atoms.